The monoisotopic (exact) mass is 482 g/mol. The van der Waals surface area contributed by atoms with Crippen molar-refractivity contribution < 1.29 is 55.7 Å². The molecule has 2 rings (SSSR count). The number of aliphatic hydroxyl groups excluding tert-OH is 2. The first-order chi connectivity index (χ1) is 14.9. The van der Waals surface area contributed by atoms with Crippen LogP contribution in [-0.4, -0.2) is 89.5 Å². The molecule has 8 nitrogen and oxygen atoms in total. The van der Waals surface area contributed by atoms with Gasteiger partial charge in [-0.15, -0.1) is 0 Å². The van der Waals surface area contributed by atoms with Crippen LogP contribution in [0, 0.1) is 63.6 Å². The van der Waals surface area contributed by atoms with Crippen LogP contribution in [0.4, 0.5) is 0 Å². The molecule has 10 radical (unpaired) electrons. The van der Waals surface area contributed by atoms with Gasteiger partial charge in [0.2, 0.25) is 0 Å². The van der Waals surface area contributed by atoms with E-state index in [-0.39, 0.29) is 30.3 Å². The summed E-state index contributed by atoms with van der Waals surface area (Å²) in [6, 6.07) is 0. The number of aliphatic hydroxyl groups is 2. The smallest absolute Gasteiger partial charge is 0.394 e. The van der Waals surface area contributed by atoms with Crippen LogP contribution in [0.25, 0.3) is 0 Å². The predicted molar refractivity (Wildman–Crippen MR) is 110 cm³/mol. The zero-order chi connectivity index (χ0) is 21.5. The quantitative estimate of drug-likeness (QED) is 0.219. The Morgan fingerprint density at radius 2 is 0.742 bits per heavy atom. The van der Waals surface area contributed by atoms with Crippen LogP contribution in [0.5, 0.6) is 0 Å². The maximum absolute atomic E-state index is 8.43. The third-order valence-electron chi connectivity index (χ3n) is 3.47. The summed E-state index contributed by atoms with van der Waals surface area (Å²) in [7, 11) is 0. The maximum atomic E-state index is 8.43. The molecule has 0 bridgehead atoms. The second kappa shape index (κ2) is 24.8. The summed E-state index contributed by atoms with van der Waals surface area (Å²) in [5.41, 5.74) is 0. The Kier molecular flexibility index (Phi) is 25.0. The molecule has 176 valence electrons. The Labute approximate surface area is 198 Å². The van der Waals surface area contributed by atoms with Crippen molar-refractivity contribution in [3.8, 4) is 0 Å². The number of hydrogen-bond acceptors (Lipinski definition) is 8. The molecule has 0 aromatic rings. The van der Waals surface area contributed by atoms with E-state index < -0.39 is 0 Å². The van der Waals surface area contributed by atoms with Gasteiger partial charge in [0.05, 0.1) is 79.3 Å². The molecule has 2 aliphatic rings. The van der Waals surface area contributed by atoms with Crippen molar-refractivity contribution >= 4 is 0 Å². The van der Waals surface area contributed by atoms with E-state index in [1.54, 1.807) is 0 Å². The van der Waals surface area contributed by atoms with Crippen molar-refractivity contribution in [3.63, 3.8) is 0 Å². The van der Waals surface area contributed by atoms with Crippen molar-refractivity contribution in [1.29, 1.82) is 0 Å². The van der Waals surface area contributed by atoms with Crippen LogP contribution < -0.4 is 0 Å². The van der Waals surface area contributed by atoms with E-state index in [4.69, 9.17) is 38.6 Å². The second-order valence-corrected chi connectivity index (χ2v) is 5.83. The van der Waals surface area contributed by atoms with Crippen LogP contribution in [0.2, 0.25) is 0 Å². The molecule has 9 heteroatoms. The van der Waals surface area contributed by atoms with Crippen LogP contribution in [-0.2, 0) is 45.5 Å². The van der Waals surface area contributed by atoms with Crippen molar-refractivity contribution in [2.45, 2.75) is 0 Å². The number of hydrogen-bond donors (Lipinski definition) is 2. The Morgan fingerprint density at radius 3 is 1.06 bits per heavy atom. The standard InChI is InChI=1S/2C11H17O4.Fe/c2*12-5-6-13-7-8-14-9-10-15-11-3-1-2-4-11;/h2*1-4,12H,5-10H2;/q;;+2. The molecular weight excluding hydrogens is 448 g/mol. The summed E-state index contributed by atoms with van der Waals surface area (Å²) >= 11 is 0. The van der Waals surface area contributed by atoms with Crippen molar-refractivity contribution in [3.05, 3.63) is 63.6 Å². The SMILES string of the molecule is OCCOCCOCCO[C]1[CH][CH][CH][CH]1.OCCOCCOCCO[C]1[CH][CH][CH][CH]1.[Fe+2]. The van der Waals surface area contributed by atoms with Gasteiger partial charge in [-0.2, -0.15) is 0 Å². The second-order valence-electron chi connectivity index (χ2n) is 5.83. The number of ether oxygens (including phenoxy) is 6. The Hall–Kier alpha value is 0.199. The molecule has 0 saturated heterocycles. The predicted octanol–water partition coefficient (Wildman–Crippen LogP) is 0.780. The van der Waals surface area contributed by atoms with Gasteiger partial charge >= 0.3 is 17.1 Å². The van der Waals surface area contributed by atoms with Gasteiger partial charge in [-0.25, -0.2) is 0 Å². The summed E-state index contributed by atoms with van der Waals surface area (Å²) in [6.45, 7) is 5.12. The van der Waals surface area contributed by atoms with Crippen LogP contribution in [0.15, 0.2) is 0 Å². The van der Waals surface area contributed by atoms with E-state index in [2.05, 4.69) is 0 Å². The van der Waals surface area contributed by atoms with Gasteiger partial charge in [-0.1, -0.05) is 0 Å². The Bertz CT molecular complexity index is 307. The molecule has 0 aromatic heterocycles. The molecule has 0 aromatic carbocycles. The normalized spacial score (nSPS) is 16.8. The fourth-order valence-electron chi connectivity index (χ4n) is 2.12. The molecule has 0 heterocycles. The van der Waals surface area contributed by atoms with Crippen molar-refractivity contribution in [1.82, 2.24) is 0 Å². The van der Waals surface area contributed by atoms with E-state index in [0.717, 1.165) is 12.2 Å². The third kappa shape index (κ3) is 20.5. The van der Waals surface area contributed by atoms with E-state index in [0.29, 0.717) is 66.1 Å². The van der Waals surface area contributed by atoms with Crippen LogP contribution >= 0.6 is 0 Å². The van der Waals surface area contributed by atoms with Gasteiger partial charge in [0.15, 0.2) is 0 Å². The zero-order valence-corrected chi connectivity index (χ0v) is 18.9. The minimum Gasteiger partial charge on any atom is -0.394 e. The Morgan fingerprint density at radius 1 is 0.452 bits per heavy atom. The van der Waals surface area contributed by atoms with Crippen molar-refractivity contribution in [2.75, 3.05) is 79.3 Å². The molecule has 2 aliphatic carbocycles. The van der Waals surface area contributed by atoms with Crippen LogP contribution in [0.3, 0.4) is 0 Å². The minimum atomic E-state index is 0. The molecule has 0 atom stereocenters. The zero-order valence-electron chi connectivity index (χ0n) is 17.8. The third-order valence-corrected chi connectivity index (χ3v) is 3.47. The van der Waals surface area contributed by atoms with Gasteiger partial charge in [0.25, 0.3) is 0 Å². The average molecular weight is 482 g/mol. The first-order valence-electron chi connectivity index (χ1n) is 10.1. The van der Waals surface area contributed by atoms with Gasteiger partial charge in [0.1, 0.15) is 12.2 Å². The van der Waals surface area contributed by atoms with E-state index in [1.807, 2.05) is 51.4 Å². The molecular formula is C22H34FeO8+2. The molecule has 2 N–H and O–H groups in total. The topological polar surface area (TPSA) is 95.8 Å². The summed E-state index contributed by atoms with van der Waals surface area (Å²) < 4.78 is 31.3. The molecule has 0 aliphatic heterocycles. The maximum Gasteiger partial charge on any atom is 2.00 e. The summed E-state index contributed by atoms with van der Waals surface area (Å²) in [5, 5.41) is 16.9. The average Bonchev–Trinajstić information content (AvgIpc) is 3.47. The van der Waals surface area contributed by atoms with Gasteiger partial charge in [-0.05, 0) is 25.7 Å². The minimum absolute atomic E-state index is 0. The summed E-state index contributed by atoms with van der Waals surface area (Å²) in [6.07, 6.45) is 17.1. The summed E-state index contributed by atoms with van der Waals surface area (Å²) in [5.74, 6) is 0. The molecule has 31 heavy (non-hydrogen) atoms. The van der Waals surface area contributed by atoms with E-state index in [9.17, 15) is 0 Å². The largest absolute Gasteiger partial charge is 2.00 e. The molecule has 0 unspecified atom stereocenters. The molecule has 0 amide bonds. The van der Waals surface area contributed by atoms with Crippen LogP contribution in [0.1, 0.15) is 0 Å². The molecule has 2 saturated carbocycles. The molecule has 0 spiro atoms. The first kappa shape index (κ1) is 31.2. The van der Waals surface area contributed by atoms with Crippen molar-refractivity contribution in [2.24, 2.45) is 0 Å². The van der Waals surface area contributed by atoms with E-state index in [1.165, 1.54) is 0 Å². The summed E-state index contributed by atoms with van der Waals surface area (Å²) in [4.78, 5) is 0. The fourth-order valence-corrected chi connectivity index (χ4v) is 2.12. The number of rotatable bonds is 18. The van der Waals surface area contributed by atoms with E-state index >= 15 is 0 Å². The van der Waals surface area contributed by atoms with Gasteiger partial charge < -0.3 is 38.6 Å². The van der Waals surface area contributed by atoms with Gasteiger partial charge in [0, 0.05) is 25.7 Å². The first-order valence-corrected chi connectivity index (χ1v) is 10.1. The van der Waals surface area contributed by atoms with Gasteiger partial charge in [-0.3, -0.25) is 0 Å². The fraction of sp³-hybridized carbons (Fsp3) is 0.545. The Balaban J connectivity index is 0.000000562. The molecule has 2 fully saturated rings.